The first-order valence-corrected chi connectivity index (χ1v) is 8.70. The van der Waals surface area contributed by atoms with Gasteiger partial charge in [0.25, 0.3) is 0 Å². The average molecular weight is 305 g/mol. The van der Waals surface area contributed by atoms with Crippen LogP contribution in [-0.4, -0.2) is 47.3 Å². The Bertz CT molecular complexity index is 512. The molecular weight excluding hydrogens is 278 g/mol. The lowest BCUT2D eigenvalue weighted by molar-refractivity contribution is -0.154. The topological polar surface area (TPSA) is 49.8 Å². The van der Waals surface area contributed by atoms with Gasteiger partial charge in [0.15, 0.2) is 0 Å². The fourth-order valence-corrected chi connectivity index (χ4v) is 5.37. The molecule has 0 amide bonds. The minimum absolute atomic E-state index is 0.0222. The molecule has 0 aromatic rings. The molecule has 3 aliphatic carbocycles. The van der Waals surface area contributed by atoms with Crippen LogP contribution in [-0.2, 0) is 9.53 Å². The summed E-state index contributed by atoms with van der Waals surface area (Å²) in [5.41, 5.74) is 0.750. The molecule has 122 valence electrons. The third-order valence-electron chi connectivity index (χ3n) is 7.05. The fraction of sp³-hybridized carbons (Fsp3) is 0.833. The van der Waals surface area contributed by atoms with Gasteiger partial charge in [-0.1, -0.05) is 13.8 Å². The van der Waals surface area contributed by atoms with E-state index in [1.807, 2.05) is 0 Å². The molecule has 2 saturated heterocycles. The Hall–Kier alpha value is -0.870. The van der Waals surface area contributed by atoms with Gasteiger partial charge in [-0.05, 0) is 49.6 Å². The van der Waals surface area contributed by atoms with Crippen LogP contribution < -0.4 is 0 Å². The Morgan fingerprint density at radius 2 is 1.91 bits per heavy atom. The normalized spacial score (nSPS) is 45.9. The number of aliphatic hydroxyl groups excluding tert-OH is 1. The van der Waals surface area contributed by atoms with Crippen LogP contribution in [0.5, 0.6) is 0 Å². The molecule has 4 heteroatoms. The predicted molar refractivity (Wildman–Crippen MR) is 83.2 cm³/mol. The number of carbonyl (C=O) groups excluding carboxylic acids is 1. The smallest absolute Gasteiger partial charge is 0.334 e. The van der Waals surface area contributed by atoms with Crippen LogP contribution in [0.1, 0.15) is 46.0 Å². The van der Waals surface area contributed by atoms with Crippen molar-refractivity contribution in [2.45, 2.75) is 70.2 Å². The lowest BCUT2D eigenvalue weighted by Gasteiger charge is -2.57. The summed E-state index contributed by atoms with van der Waals surface area (Å²) in [7, 11) is 2.19. The summed E-state index contributed by atoms with van der Waals surface area (Å²) in [5, 5.41) is 10.2. The maximum absolute atomic E-state index is 12.6. The van der Waals surface area contributed by atoms with Gasteiger partial charge >= 0.3 is 5.97 Å². The monoisotopic (exact) mass is 305 g/mol. The molecule has 3 fully saturated rings. The summed E-state index contributed by atoms with van der Waals surface area (Å²) in [4.78, 5) is 15.1. The van der Waals surface area contributed by atoms with Gasteiger partial charge in [0.1, 0.15) is 6.10 Å². The summed E-state index contributed by atoms with van der Waals surface area (Å²) < 4.78 is 5.85. The molecule has 1 saturated carbocycles. The van der Waals surface area contributed by atoms with E-state index in [2.05, 4.69) is 25.8 Å². The number of fused-ring (bicyclic) bond motifs is 3. The standard InChI is InChI=1S/C18H27NO3/c1-18(2)14-9-15(18)16(20)8-13(14)17(21)22-12-6-10-4-5-11(7-12)19(10)3/h8,10-12,14-16,20H,4-7,9H2,1-3H3. The molecule has 1 N–H and O–H groups in total. The second-order valence-corrected chi connectivity index (χ2v) is 8.38. The third kappa shape index (κ3) is 2.00. The van der Waals surface area contributed by atoms with E-state index in [1.54, 1.807) is 6.08 Å². The number of hydrogen-bond acceptors (Lipinski definition) is 4. The number of hydrogen-bond donors (Lipinski definition) is 1. The van der Waals surface area contributed by atoms with E-state index in [-0.39, 0.29) is 23.4 Å². The number of aliphatic hydroxyl groups is 1. The molecule has 0 aromatic heterocycles. The van der Waals surface area contributed by atoms with Crippen LogP contribution in [0, 0.1) is 17.3 Å². The van der Waals surface area contributed by atoms with E-state index in [0.29, 0.717) is 18.0 Å². The first-order valence-electron chi connectivity index (χ1n) is 8.70. The van der Waals surface area contributed by atoms with Gasteiger partial charge in [0, 0.05) is 30.5 Å². The first kappa shape index (κ1) is 14.7. The van der Waals surface area contributed by atoms with Crippen molar-refractivity contribution < 1.29 is 14.6 Å². The summed E-state index contributed by atoms with van der Waals surface area (Å²) in [6.07, 6.45) is 6.64. The molecule has 5 atom stereocenters. The van der Waals surface area contributed by atoms with Crippen LogP contribution in [0.25, 0.3) is 0 Å². The molecule has 4 nitrogen and oxygen atoms in total. The zero-order chi connectivity index (χ0) is 15.6. The maximum Gasteiger partial charge on any atom is 0.334 e. The molecule has 0 aromatic carbocycles. The molecule has 0 spiro atoms. The molecule has 4 bridgehead atoms. The van der Waals surface area contributed by atoms with Crippen molar-refractivity contribution in [1.82, 2.24) is 4.90 Å². The van der Waals surface area contributed by atoms with E-state index < -0.39 is 6.10 Å². The highest BCUT2D eigenvalue weighted by Gasteiger charge is 2.57. The highest BCUT2D eigenvalue weighted by atomic mass is 16.5. The van der Waals surface area contributed by atoms with Crippen LogP contribution in [0.2, 0.25) is 0 Å². The molecular formula is C18H27NO3. The molecule has 0 radical (unpaired) electrons. The number of rotatable bonds is 2. The second-order valence-electron chi connectivity index (χ2n) is 8.38. The summed E-state index contributed by atoms with van der Waals surface area (Å²) in [5.74, 6) is 0.383. The summed E-state index contributed by atoms with van der Waals surface area (Å²) in [6.45, 7) is 4.32. The summed E-state index contributed by atoms with van der Waals surface area (Å²) in [6, 6.07) is 1.15. The third-order valence-corrected chi connectivity index (χ3v) is 7.05. The molecule has 5 unspecified atom stereocenters. The Balaban J connectivity index is 1.45. The number of esters is 1. The van der Waals surface area contributed by atoms with Crippen LogP contribution in [0.3, 0.4) is 0 Å². The zero-order valence-electron chi connectivity index (χ0n) is 13.8. The van der Waals surface area contributed by atoms with Crippen molar-refractivity contribution in [1.29, 1.82) is 0 Å². The summed E-state index contributed by atoms with van der Waals surface area (Å²) >= 11 is 0. The quantitative estimate of drug-likeness (QED) is 0.794. The molecule has 5 aliphatic rings. The zero-order valence-corrected chi connectivity index (χ0v) is 13.8. The Morgan fingerprint density at radius 3 is 2.45 bits per heavy atom. The van der Waals surface area contributed by atoms with Gasteiger partial charge in [-0.25, -0.2) is 4.79 Å². The molecule has 5 rings (SSSR count). The second kappa shape index (κ2) is 4.81. The molecule has 22 heavy (non-hydrogen) atoms. The van der Waals surface area contributed by atoms with Gasteiger partial charge in [0.2, 0.25) is 0 Å². The van der Waals surface area contributed by atoms with E-state index in [0.717, 1.165) is 24.8 Å². The fourth-order valence-electron chi connectivity index (χ4n) is 5.37. The Morgan fingerprint density at radius 1 is 1.27 bits per heavy atom. The van der Waals surface area contributed by atoms with Crippen molar-refractivity contribution in [3.8, 4) is 0 Å². The minimum atomic E-state index is -0.490. The van der Waals surface area contributed by atoms with Crippen molar-refractivity contribution in [2.75, 3.05) is 7.05 Å². The predicted octanol–water partition coefficient (Wildman–Crippen LogP) is 2.12. The SMILES string of the molecule is CN1C2CCC1CC(OC(=O)C1=CC(O)C3CC1C3(C)C)C2. The number of piperidine rings is 1. The highest BCUT2D eigenvalue weighted by Crippen LogP contribution is 2.59. The lowest BCUT2D eigenvalue weighted by Crippen LogP contribution is -2.55. The van der Waals surface area contributed by atoms with Gasteiger partial charge < -0.3 is 14.7 Å². The van der Waals surface area contributed by atoms with Crippen LogP contribution in [0.15, 0.2) is 11.6 Å². The van der Waals surface area contributed by atoms with Gasteiger partial charge in [-0.2, -0.15) is 0 Å². The Labute approximate surface area is 132 Å². The van der Waals surface area contributed by atoms with Crippen LogP contribution in [0.4, 0.5) is 0 Å². The number of carbonyl (C=O) groups is 1. The van der Waals surface area contributed by atoms with Gasteiger partial charge in [-0.15, -0.1) is 0 Å². The van der Waals surface area contributed by atoms with Crippen LogP contribution >= 0.6 is 0 Å². The number of nitrogens with zero attached hydrogens (tertiary/aromatic N) is 1. The average Bonchev–Trinajstić information content (AvgIpc) is 2.68. The van der Waals surface area contributed by atoms with E-state index in [4.69, 9.17) is 4.74 Å². The van der Waals surface area contributed by atoms with E-state index in [1.165, 1.54) is 12.8 Å². The van der Waals surface area contributed by atoms with Crippen molar-refractivity contribution in [3.05, 3.63) is 11.6 Å². The largest absolute Gasteiger partial charge is 0.459 e. The van der Waals surface area contributed by atoms with Crippen molar-refractivity contribution in [2.24, 2.45) is 17.3 Å². The first-order chi connectivity index (χ1) is 10.4. The Kier molecular flexibility index (Phi) is 3.22. The van der Waals surface area contributed by atoms with E-state index in [9.17, 15) is 9.90 Å². The van der Waals surface area contributed by atoms with Crippen molar-refractivity contribution in [3.63, 3.8) is 0 Å². The van der Waals surface area contributed by atoms with Gasteiger partial charge in [-0.3, -0.25) is 0 Å². The lowest BCUT2D eigenvalue weighted by atomic mass is 9.48. The van der Waals surface area contributed by atoms with E-state index >= 15 is 0 Å². The molecule has 2 heterocycles. The maximum atomic E-state index is 12.6. The van der Waals surface area contributed by atoms with Crippen molar-refractivity contribution >= 4 is 5.97 Å². The van der Waals surface area contributed by atoms with Gasteiger partial charge in [0.05, 0.1) is 6.10 Å². The number of ether oxygens (including phenoxy) is 1. The molecule has 2 aliphatic heterocycles. The highest BCUT2D eigenvalue weighted by molar-refractivity contribution is 5.90. The minimum Gasteiger partial charge on any atom is -0.459 e.